The summed E-state index contributed by atoms with van der Waals surface area (Å²) in [6, 6.07) is 5.14. The van der Waals surface area contributed by atoms with Crippen LogP contribution in [0.4, 0.5) is 11.4 Å². The maximum absolute atomic E-state index is 11.9. The van der Waals surface area contributed by atoms with Crippen molar-refractivity contribution in [1.29, 1.82) is 0 Å². The number of nitrogens with one attached hydrogen (secondary N) is 1. The van der Waals surface area contributed by atoms with Crippen LogP contribution in [0.1, 0.15) is 13.3 Å². The van der Waals surface area contributed by atoms with E-state index in [-0.39, 0.29) is 24.8 Å². The highest BCUT2D eigenvalue weighted by molar-refractivity contribution is 5.98. The Kier molecular flexibility index (Phi) is 3.89. The molecule has 1 aliphatic heterocycles. The molecule has 2 rings (SSSR count). The molecule has 6 nitrogen and oxygen atoms in total. The van der Waals surface area contributed by atoms with Gasteiger partial charge in [-0.15, -0.1) is 0 Å². The van der Waals surface area contributed by atoms with Crippen molar-refractivity contribution in [3.05, 3.63) is 18.2 Å². The fourth-order valence-electron chi connectivity index (χ4n) is 1.96. The average molecular weight is 263 g/mol. The molecule has 0 aliphatic carbocycles. The molecule has 19 heavy (non-hydrogen) atoms. The molecule has 0 saturated heterocycles. The highest BCUT2D eigenvalue weighted by Gasteiger charge is 2.25. The van der Waals surface area contributed by atoms with E-state index in [2.05, 4.69) is 5.32 Å². The van der Waals surface area contributed by atoms with Gasteiger partial charge in [0, 0.05) is 25.2 Å². The molecule has 0 saturated carbocycles. The van der Waals surface area contributed by atoms with Gasteiger partial charge in [0.05, 0.1) is 5.69 Å². The lowest BCUT2D eigenvalue weighted by Crippen LogP contribution is -2.41. The molecular formula is C13H17N3O3. The molecule has 1 heterocycles. The Morgan fingerprint density at radius 2 is 2.32 bits per heavy atom. The number of fused-ring (bicyclic) bond motifs is 1. The molecule has 3 N–H and O–H groups in total. The van der Waals surface area contributed by atoms with Crippen LogP contribution >= 0.6 is 0 Å². The molecule has 1 aliphatic rings. The maximum atomic E-state index is 11.9. The van der Waals surface area contributed by atoms with E-state index in [0.29, 0.717) is 30.2 Å². The van der Waals surface area contributed by atoms with Gasteiger partial charge in [0.1, 0.15) is 5.75 Å². The predicted octanol–water partition coefficient (Wildman–Crippen LogP) is 0.520. The highest BCUT2D eigenvalue weighted by Crippen LogP contribution is 2.33. The number of nitrogen functional groups attached to an aromatic ring is 1. The van der Waals surface area contributed by atoms with Crippen molar-refractivity contribution >= 4 is 23.2 Å². The first kappa shape index (κ1) is 13.2. The molecule has 2 amide bonds. The summed E-state index contributed by atoms with van der Waals surface area (Å²) < 4.78 is 5.33. The van der Waals surface area contributed by atoms with Gasteiger partial charge in [-0.3, -0.25) is 9.59 Å². The molecule has 1 aromatic carbocycles. The predicted molar refractivity (Wildman–Crippen MR) is 72.0 cm³/mol. The van der Waals surface area contributed by atoms with Crippen molar-refractivity contribution in [2.75, 3.05) is 30.3 Å². The molecule has 0 radical (unpaired) electrons. The number of carbonyl (C=O) groups excluding carboxylic acids is 2. The Morgan fingerprint density at radius 1 is 1.53 bits per heavy atom. The van der Waals surface area contributed by atoms with Gasteiger partial charge in [-0.25, -0.2) is 0 Å². The minimum absolute atomic E-state index is 0.00762. The lowest BCUT2D eigenvalue weighted by atomic mass is 10.2. The van der Waals surface area contributed by atoms with Gasteiger partial charge < -0.3 is 20.7 Å². The maximum Gasteiger partial charge on any atom is 0.265 e. The van der Waals surface area contributed by atoms with E-state index in [9.17, 15) is 9.59 Å². The van der Waals surface area contributed by atoms with Crippen LogP contribution < -0.4 is 20.7 Å². The first-order valence-electron chi connectivity index (χ1n) is 6.21. The largest absolute Gasteiger partial charge is 0.482 e. The van der Waals surface area contributed by atoms with Crippen molar-refractivity contribution in [2.24, 2.45) is 0 Å². The van der Waals surface area contributed by atoms with Gasteiger partial charge in [-0.05, 0) is 25.1 Å². The van der Waals surface area contributed by atoms with Crippen LogP contribution in [-0.2, 0) is 9.59 Å². The van der Waals surface area contributed by atoms with Crippen molar-refractivity contribution in [1.82, 2.24) is 5.32 Å². The topological polar surface area (TPSA) is 84.7 Å². The number of rotatable bonds is 4. The zero-order valence-electron chi connectivity index (χ0n) is 10.8. The van der Waals surface area contributed by atoms with Crippen molar-refractivity contribution in [3.8, 4) is 5.75 Å². The zero-order valence-corrected chi connectivity index (χ0v) is 10.8. The van der Waals surface area contributed by atoms with Crippen LogP contribution in [0.15, 0.2) is 18.2 Å². The highest BCUT2D eigenvalue weighted by atomic mass is 16.5. The second-order valence-corrected chi connectivity index (χ2v) is 4.26. The number of amides is 2. The van der Waals surface area contributed by atoms with Crippen molar-refractivity contribution < 1.29 is 14.3 Å². The van der Waals surface area contributed by atoms with Crippen LogP contribution in [0.25, 0.3) is 0 Å². The standard InChI is InChI=1S/C13H17N3O3/c1-2-15-12(17)5-6-16-10-7-9(14)3-4-11(10)19-8-13(16)18/h3-4,7H,2,5-6,8,14H2,1H3,(H,15,17). The zero-order chi connectivity index (χ0) is 13.8. The lowest BCUT2D eigenvalue weighted by molar-refractivity contribution is -0.122. The smallest absolute Gasteiger partial charge is 0.265 e. The molecule has 0 fully saturated rings. The molecule has 0 spiro atoms. The van der Waals surface area contributed by atoms with Crippen LogP contribution in [0.2, 0.25) is 0 Å². The van der Waals surface area contributed by atoms with Gasteiger partial charge in [-0.1, -0.05) is 0 Å². The second kappa shape index (κ2) is 5.60. The van der Waals surface area contributed by atoms with E-state index in [0.717, 1.165) is 0 Å². The van der Waals surface area contributed by atoms with Gasteiger partial charge in [0.2, 0.25) is 5.91 Å². The molecule has 0 bridgehead atoms. The number of hydrogen-bond acceptors (Lipinski definition) is 4. The summed E-state index contributed by atoms with van der Waals surface area (Å²) in [7, 11) is 0. The minimum Gasteiger partial charge on any atom is -0.482 e. The Balaban J connectivity index is 2.14. The number of nitrogens with two attached hydrogens (primary N) is 1. The minimum atomic E-state index is -0.164. The Morgan fingerprint density at radius 3 is 3.05 bits per heavy atom. The summed E-state index contributed by atoms with van der Waals surface area (Å²) in [4.78, 5) is 24.9. The number of anilines is 2. The molecule has 102 valence electrons. The second-order valence-electron chi connectivity index (χ2n) is 4.26. The summed E-state index contributed by atoms with van der Waals surface area (Å²) in [6.45, 7) is 2.75. The van der Waals surface area contributed by atoms with E-state index < -0.39 is 0 Å². The van der Waals surface area contributed by atoms with Crippen LogP contribution in [-0.4, -0.2) is 31.5 Å². The van der Waals surface area contributed by atoms with Gasteiger partial charge in [0.15, 0.2) is 6.61 Å². The van der Waals surface area contributed by atoms with Crippen molar-refractivity contribution in [3.63, 3.8) is 0 Å². The number of ether oxygens (including phenoxy) is 1. The van der Waals surface area contributed by atoms with E-state index in [4.69, 9.17) is 10.5 Å². The van der Waals surface area contributed by atoms with E-state index in [1.807, 2.05) is 6.92 Å². The Labute approximate surface area is 111 Å². The number of nitrogens with zero attached hydrogens (tertiary/aromatic N) is 1. The van der Waals surface area contributed by atoms with Gasteiger partial charge in [-0.2, -0.15) is 0 Å². The molecule has 6 heteroatoms. The van der Waals surface area contributed by atoms with Crippen LogP contribution in [0.3, 0.4) is 0 Å². The summed E-state index contributed by atoms with van der Waals surface area (Å²) in [5, 5.41) is 2.70. The molecule has 0 aromatic heterocycles. The van der Waals surface area contributed by atoms with E-state index >= 15 is 0 Å². The summed E-state index contributed by atoms with van der Waals surface area (Å²) in [5.41, 5.74) is 6.90. The Hall–Kier alpha value is -2.24. The molecular weight excluding hydrogens is 246 g/mol. The van der Waals surface area contributed by atoms with Crippen LogP contribution in [0, 0.1) is 0 Å². The molecule has 1 aromatic rings. The van der Waals surface area contributed by atoms with E-state index in [1.165, 1.54) is 0 Å². The van der Waals surface area contributed by atoms with Gasteiger partial charge >= 0.3 is 0 Å². The average Bonchev–Trinajstić information content (AvgIpc) is 2.38. The fourth-order valence-corrected chi connectivity index (χ4v) is 1.96. The summed E-state index contributed by atoms with van der Waals surface area (Å²) in [6.07, 6.45) is 0.258. The third-order valence-electron chi connectivity index (χ3n) is 2.86. The molecule has 0 unspecified atom stereocenters. The van der Waals surface area contributed by atoms with Crippen LogP contribution in [0.5, 0.6) is 5.75 Å². The molecule has 0 atom stereocenters. The first-order chi connectivity index (χ1) is 9.11. The first-order valence-corrected chi connectivity index (χ1v) is 6.21. The summed E-state index contributed by atoms with van der Waals surface area (Å²) in [5.74, 6) is 0.374. The van der Waals surface area contributed by atoms with Crippen molar-refractivity contribution in [2.45, 2.75) is 13.3 Å². The third-order valence-corrected chi connectivity index (χ3v) is 2.86. The quantitative estimate of drug-likeness (QED) is 0.776. The fraction of sp³-hybridized carbons (Fsp3) is 0.385. The summed E-state index contributed by atoms with van der Waals surface area (Å²) >= 11 is 0. The lowest BCUT2D eigenvalue weighted by Gasteiger charge is -2.29. The normalized spacial score (nSPS) is 13.7. The monoisotopic (exact) mass is 263 g/mol. The van der Waals surface area contributed by atoms with E-state index in [1.54, 1.807) is 23.1 Å². The third kappa shape index (κ3) is 2.96. The Bertz CT molecular complexity index is 502. The van der Waals surface area contributed by atoms with Gasteiger partial charge in [0.25, 0.3) is 5.91 Å². The number of carbonyl (C=O) groups is 2. The number of hydrogen-bond donors (Lipinski definition) is 2. The number of benzene rings is 1. The SMILES string of the molecule is CCNC(=O)CCN1C(=O)COc2ccc(N)cc21.